The van der Waals surface area contributed by atoms with Gasteiger partial charge in [-0.15, -0.1) is 0 Å². The standard InChI is InChI=1S/C13H13N3O4/c14-11(17)6-10(13(19)20)16-12(18)9-5-7-3-1-2-4-8(7)15-9/h1-5,10,15H,6H2,(H2,14,17)(H,16,18)(H,19,20). The van der Waals surface area contributed by atoms with E-state index in [1.54, 1.807) is 12.1 Å². The minimum atomic E-state index is -1.34. The number of aromatic nitrogens is 1. The second kappa shape index (κ2) is 5.43. The van der Waals surface area contributed by atoms with Gasteiger partial charge in [0.15, 0.2) is 0 Å². The van der Waals surface area contributed by atoms with Crippen LogP contribution in [-0.2, 0) is 9.59 Å². The summed E-state index contributed by atoms with van der Waals surface area (Å²) in [7, 11) is 0. The van der Waals surface area contributed by atoms with Crippen LogP contribution in [0.4, 0.5) is 0 Å². The predicted molar refractivity (Wildman–Crippen MR) is 71.0 cm³/mol. The Labute approximate surface area is 113 Å². The Kier molecular flexibility index (Phi) is 3.69. The van der Waals surface area contributed by atoms with Crippen LogP contribution in [0.15, 0.2) is 30.3 Å². The summed E-state index contributed by atoms with van der Waals surface area (Å²) < 4.78 is 0. The Hall–Kier alpha value is -2.83. The molecule has 0 spiro atoms. The second-order valence-electron chi connectivity index (χ2n) is 4.30. The average molecular weight is 275 g/mol. The molecule has 0 aliphatic rings. The smallest absolute Gasteiger partial charge is 0.326 e. The van der Waals surface area contributed by atoms with Crippen LogP contribution in [-0.4, -0.2) is 33.9 Å². The molecule has 7 heteroatoms. The van der Waals surface area contributed by atoms with Gasteiger partial charge in [0.2, 0.25) is 5.91 Å². The number of aliphatic carboxylic acids is 1. The van der Waals surface area contributed by atoms with Gasteiger partial charge in [0.25, 0.3) is 5.91 Å². The first-order chi connectivity index (χ1) is 9.47. The Morgan fingerprint density at radius 1 is 1.30 bits per heavy atom. The van der Waals surface area contributed by atoms with Crippen LogP contribution in [0.1, 0.15) is 16.9 Å². The van der Waals surface area contributed by atoms with Crippen LogP contribution >= 0.6 is 0 Å². The quantitative estimate of drug-likeness (QED) is 0.623. The Balaban J connectivity index is 2.17. The maximum atomic E-state index is 12.0. The van der Waals surface area contributed by atoms with Gasteiger partial charge in [-0.2, -0.15) is 0 Å². The molecule has 0 bridgehead atoms. The number of H-pyrrole nitrogens is 1. The third kappa shape index (κ3) is 2.94. The number of hydrogen-bond acceptors (Lipinski definition) is 3. The zero-order chi connectivity index (χ0) is 14.7. The molecule has 1 aromatic heterocycles. The first-order valence-electron chi connectivity index (χ1n) is 5.87. The number of fused-ring (bicyclic) bond motifs is 1. The van der Waals surface area contributed by atoms with E-state index >= 15 is 0 Å². The molecular weight excluding hydrogens is 262 g/mol. The first-order valence-corrected chi connectivity index (χ1v) is 5.87. The summed E-state index contributed by atoms with van der Waals surface area (Å²) in [4.78, 5) is 36.5. The SMILES string of the molecule is NC(=O)CC(NC(=O)c1cc2ccccc2[nH]1)C(=O)O. The number of rotatable bonds is 5. The van der Waals surface area contributed by atoms with Gasteiger partial charge in [0, 0.05) is 10.9 Å². The third-order valence-corrected chi connectivity index (χ3v) is 2.78. The van der Waals surface area contributed by atoms with Crippen molar-refractivity contribution < 1.29 is 19.5 Å². The number of hydrogen-bond donors (Lipinski definition) is 4. The molecule has 2 amide bonds. The van der Waals surface area contributed by atoms with Gasteiger partial charge >= 0.3 is 5.97 Å². The lowest BCUT2D eigenvalue weighted by molar-refractivity contribution is -0.140. The lowest BCUT2D eigenvalue weighted by Crippen LogP contribution is -2.43. The molecule has 1 aromatic carbocycles. The number of nitrogens with one attached hydrogen (secondary N) is 2. The van der Waals surface area contributed by atoms with Crippen LogP contribution in [0.5, 0.6) is 0 Å². The monoisotopic (exact) mass is 275 g/mol. The number of nitrogens with two attached hydrogens (primary N) is 1. The van der Waals surface area contributed by atoms with Gasteiger partial charge in [-0.05, 0) is 12.1 Å². The molecule has 1 heterocycles. The fraction of sp³-hybridized carbons (Fsp3) is 0.154. The van der Waals surface area contributed by atoms with Crippen molar-refractivity contribution in [2.24, 2.45) is 5.73 Å². The Morgan fingerprint density at radius 3 is 2.60 bits per heavy atom. The molecule has 104 valence electrons. The molecule has 20 heavy (non-hydrogen) atoms. The van der Waals surface area contributed by atoms with Crippen molar-refractivity contribution in [2.45, 2.75) is 12.5 Å². The van der Waals surface area contributed by atoms with Crippen LogP contribution in [0.3, 0.4) is 0 Å². The van der Waals surface area contributed by atoms with E-state index in [1.165, 1.54) is 0 Å². The largest absolute Gasteiger partial charge is 0.480 e. The number of primary amides is 1. The summed E-state index contributed by atoms with van der Waals surface area (Å²) in [6.07, 6.45) is -0.457. The molecule has 0 saturated heterocycles. The lowest BCUT2D eigenvalue weighted by Gasteiger charge is -2.11. The number of amides is 2. The molecule has 2 rings (SSSR count). The van der Waals surface area contributed by atoms with E-state index in [4.69, 9.17) is 10.8 Å². The van der Waals surface area contributed by atoms with Crippen molar-refractivity contribution in [2.75, 3.05) is 0 Å². The van der Waals surface area contributed by atoms with E-state index in [0.717, 1.165) is 10.9 Å². The van der Waals surface area contributed by atoms with Crippen molar-refractivity contribution in [3.8, 4) is 0 Å². The number of benzene rings is 1. The summed E-state index contributed by atoms with van der Waals surface area (Å²) in [6, 6.07) is 7.52. The summed E-state index contributed by atoms with van der Waals surface area (Å²) in [5.74, 6) is -2.71. The van der Waals surface area contributed by atoms with Gasteiger partial charge in [-0.25, -0.2) is 4.79 Å². The van der Waals surface area contributed by atoms with E-state index in [1.807, 2.05) is 18.2 Å². The highest BCUT2D eigenvalue weighted by Crippen LogP contribution is 2.14. The van der Waals surface area contributed by atoms with Crippen LogP contribution in [0.2, 0.25) is 0 Å². The molecule has 7 nitrogen and oxygen atoms in total. The topological polar surface area (TPSA) is 125 Å². The van der Waals surface area contributed by atoms with Crippen molar-refractivity contribution in [1.82, 2.24) is 10.3 Å². The number of para-hydroxylation sites is 1. The highest BCUT2D eigenvalue weighted by atomic mass is 16.4. The average Bonchev–Trinajstić information content (AvgIpc) is 2.81. The van der Waals surface area contributed by atoms with E-state index in [2.05, 4.69) is 10.3 Å². The lowest BCUT2D eigenvalue weighted by atomic mass is 10.2. The molecule has 0 aliphatic carbocycles. The van der Waals surface area contributed by atoms with Crippen molar-refractivity contribution in [1.29, 1.82) is 0 Å². The molecule has 0 saturated carbocycles. The molecule has 1 atom stereocenters. The van der Waals surface area contributed by atoms with Gasteiger partial charge in [0.05, 0.1) is 6.42 Å². The number of carboxylic acid groups (broad SMARTS) is 1. The molecule has 0 radical (unpaired) electrons. The van der Waals surface area contributed by atoms with E-state index in [-0.39, 0.29) is 5.69 Å². The zero-order valence-electron chi connectivity index (χ0n) is 10.4. The molecule has 1 unspecified atom stereocenters. The second-order valence-corrected chi connectivity index (χ2v) is 4.30. The van der Waals surface area contributed by atoms with Crippen LogP contribution in [0, 0.1) is 0 Å². The molecule has 0 fully saturated rings. The molecule has 5 N–H and O–H groups in total. The highest BCUT2D eigenvalue weighted by Gasteiger charge is 2.23. The first kappa shape index (κ1) is 13.6. The van der Waals surface area contributed by atoms with Gasteiger partial charge in [-0.1, -0.05) is 18.2 Å². The normalized spacial score (nSPS) is 12.0. The van der Waals surface area contributed by atoms with Crippen LogP contribution < -0.4 is 11.1 Å². The Bertz CT molecular complexity index is 644. The number of carbonyl (C=O) groups excluding carboxylic acids is 2. The number of carbonyl (C=O) groups is 3. The minimum Gasteiger partial charge on any atom is -0.480 e. The molecule has 0 aliphatic heterocycles. The van der Waals surface area contributed by atoms with Gasteiger partial charge in [0.1, 0.15) is 11.7 Å². The van der Waals surface area contributed by atoms with Gasteiger partial charge in [-0.3, -0.25) is 9.59 Å². The molecule has 2 aromatic rings. The van der Waals surface area contributed by atoms with E-state index in [0.29, 0.717) is 0 Å². The highest BCUT2D eigenvalue weighted by molar-refractivity contribution is 6.00. The predicted octanol–water partition coefficient (Wildman–Crippen LogP) is 0.226. The summed E-state index contributed by atoms with van der Waals surface area (Å²) in [5.41, 5.74) is 5.93. The number of aromatic amines is 1. The fourth-order valence-electron chi connectivity index (χ4n) is 1.83. The Morgan fingerprint density at radius 2 is 2.00 bits per heavy atom. The van der Waals surface area contributed by atoms with Crippen molar-refractivity contribution >= 4 is 28.7 Å². The number of carboxylic acids is 1. The van der Waals surface area contributed by atoms with Gasteiger partial charge < -0.3 is 21.1 Å². The fourth-order valence-corrected chi connectivity index (χ4v) is 1.83. The summed E-state index contributed by atoms with van der Waals surface area (Å²) >= 11 is 0. The molecular formula is C13H13N3O4. The van der Waals surface area contributed by atoms with Crippen LogP contribution in [0.25, 0.3) is 10.9 Å². The maximum absolute atomic E-state index is 12.0. The van der Waals surface area contributed by atoms with Crippen molar-refractivity contribution in [3.05, 3.63) is 36.0 Å². The summed E-state index contributed by atoms with van der Waals surface area (Å²) in [5, 5.41) is 12.0. The van der Waals surface area contributed by atoms with Crippen molar-refractivity contribution in [3.63, 3.8) is 0 Å². The van der Waals surface area contributed by atoms with E-state index in [9.17, 15) is 14.4 Å². The summed E-state index contributed by atoms with van der Waals surface area (Å²) in [6.45, 7) is 0. The minimum absolute atomic E-state index is 0.224. The van der Waals surface area contributed by atoms with E-state index < -0.39 is 30.2 Å². The maximum Gasteiger partial charge on any atom is 0.326 e. The third-order valence-electron chi connectivity index (χ3n) is 2.78. The zero-order valence-corrected chi connectivity index (χ0v) is 10.4.